The van der Waals surface area contributed by atoms with Gasteiger partial charge in [-0.15, -0.1) is 0 Å². The molecule has 2 amide bonds. The van der Waals surface area contributed by atoms with E-state index in [1.54, 1.807) is 19.1 Å². The van der Waals surface area contributed by atoms with Crippen molar-refractivity contribution in [3.63, 3.8) is 0 Å². The summed E-state index contributed by atoms with van der Waals surface area (Å²) in [6.07, 6.45) is -0.878. The molecule has 3 aromatic carbocycles. The van der Waals surface area contributed by atoms with Crippen LogP contribution in [-0.4, -0.2) is 24.6 Å². The number of carbonyl (C=O) groups excluding carboxylic acids is 3. The van der Waals surface area contributed by atoms with E-state index in [9.17, 15) is 27.6 Å². The first-order valence-corrected chi connectivity index (χ1v) is 9.60. The van der Waals surface area contributed by atoms with E-state index < -0.39 is 41.0 Å². The summed E-state index contributed by atoms with van der Waals surface area (Å²) in [7, 11) is 0. The Labute approximate surface area is 186 Å². The van der Waals surface area contributed by atoms with E-state index in [4.69, 9.17) is 4.74 Å². The van der Waals surface area contributed by atoms with E-state index in [0.29, 0.717) is 6.07 Å². The average molecular weight is 458 g/mol. The number of benzene rings is 3. The van der Waals surface area contributed by atoms with Gasteiger partial charge in [0.15, 0.2) is 17.5 Å². The summed E-state index contributed by atoms with van der Waals surface area (Å²) in [4.78, 5) is 36.3. The quantitative estimate of drug-likeness (QED) is 0.303. The summed E-state index contributed by atoms with van der Waals surface area (Å²) >= 11 is 0. The lowest BCUT2D eigenvalue weighted by Crippen LogP contribution is -2.18. The smallest absolute Gasteiger partial charge is 0.434 e. The van der Waals surface area contributed by atoms with Crippen molar-refractivity contribution in [1.29, 1.82) is 0 Å². The molecule has 3 aromatic rings. The predicted octanol–water partition coefficient (Wildman–Crippen LogP) is 5.14. The molecular weight excluding hydrogens is 441 g/mol. The number of para-hydroxylation sites is 2. The minimum atomic E-state index is -1.76. The van der Waals surface area contributed by atoms with Gasteiger partial charge >= 0.3 is 6.16 Å². The van der Waals surface area contributed by atoms with Crippen LogP contribution >= 0.6 is 0 Å². The fourth-order valence-corrected chi connectivity index (χ4v) is 2.70. The molecule has 0 heterocycles. The molecule has 0 spiro atoms. The number of amides is 2. The number of nitrogens with one attached hydrogen (secondary N) is 2. The van der Waals surface area contributed by atoms with Crippen molar-refractivity contribution in [2.24, 2.45) is 0 Å². The van der Waals surface area contributed by atoms with Gasteiger partial charge in [0.25, 0.3) is 11.8 Å². The first-order chi connectivity index (χ1) is 15.8. The van der Waals surface area contributed by atoms with E-state index in [-0.39, 0.29) is 29.3 Å². The van der Waals surface area contributed by atoms with Crippen LogP contribution in [0.4, 0.5) is 29.3 Å². The summed E-state index contributed by atoms with van der Waals surface area (Å²) < 4.78 is 50.1. The largest absolute Gasteiger partial charge is 0.513 e. The molecule has 0 unspecified atom stereocenters. The highest BCUT2D eigenvalue weighted by Gasteiger charge is 2.20. The lowest BCUT2D eigenvalue weighted by molar-refractivity contribution is 0.101. The fraction of sp³-hybridized carbons (Fsp3) is 0.0870. The third-order valence-corrected chi connectivity index (χ3v) is 4.28. The number of anilines is 2. The van der Waals surface area contributed by atoms with Gasteiger partial charge in [-0.25, -0.2) is 18.0 Å². The second kappa shape index (κ2) is 10.3. The van der Waals surface area contributed by atoms with E-state index >= 15 is 0 Å². The molecule has 0 aromatic heterocycles. The summed E-state index contributed by atoms with van der Waals surface area (Å²) in [5, 5.41) is 4.95. The molecule has 0 aliphatic carbocycles. The number of rotatable bonds is 6. The van der Waals surface area contributed by atoms with E-state index in [1.165, 1.54) is 36.4 Å². The summed E-state index contributed by atoms with van der Waals surface area (Å²) in [6, 6.07) is 13.1. The first-order valence-electron chi connectivity index (χ1n) is 9.60. The number of hydrogen-bond donors (Lipinski definition) is 2. The Morgan fingerprint density at radius 2 is 1.39 bits per heavy atom. The summed E-state index contributed by atoms with van der Waals surface area (Å²) in [6.45, 7) is 1.78. The maximum Gasteiger partial charge on any atom is 0.513 e. The Morgan fingerprint density at radius 1 is 0.788 bits per heavy atom. The van der Waals surface area contributed by atoms with Gasteiger partial charge < -0.3 is 20.1 Å². The van der Waals surface area contributed by atoms with Crippen LogP contribution in [0.15, 0.2) is 60.7 Å². The Balaban J connectivity index is 1.73. The van der Waals surface area contributed by atoms with E-state index in [1.807, 2.05) is 0 Å². The molecule has 0 aliphatic heterocycles. The molecule has 3 rings (SSSR count). The van der Waals surface area contributed by atoms with Gasteiger partial charge in [0.2, 0.25) is 0 Å². The molecule has 0 saturated carbocycles. The van der Waals surface area contributed by atoms with Crippen molar-refractivity contribution in [3.8, 4) is 5.75 Å². The van der Waals surface area contributed by atoms with E-state index in [2.05, 4.69) is 15.4 Å². The number of halogens is 3. The van der Waals surface area contributed by atoms with Crippen LogP contribution in [0.3, 0.4) is 0 Å². The third kappa shape index (κ3) is 5.67. The topological polar surface area (TPSA) is 93.7 Å². The van der Waals surface area contributed by atoms with Gasteiger partial charge in [0.05, 0.1) is 23.5 Å². The average Bonchev–Trinajstić information content (AvgIpc) is 2.79. The van der Waals surface area contributed by atoms with Crippen LogP contribution in [-0.2, 0) is 4.74 Å². The van der Waals surface area contributed by atoms with Gasteiger partial charge in [-0.2, -0.15) is 0 Å². The van der Waals surface area contributed by atoms with Crippen molar-refractivity contribution in [3.05, 3.63) is 89.2 Å². The molecule has 10 heteroatoms. The van der Waals surface area contributed by atoms with Crippen LogP contribution < -0.4 is 15.4 Å². The Kier molecular flexibility index (Phi) is 7.29. The van der Waals surface area contributed by atoms with Gasteiger partial charge in [-0.05, 0) is 55.5 Å². The molecule has 0 bridgehead atoms. The van der Waals surface area contributed by atoms with Crippen molar-refractivity contribution in [1.82, 2.24) is 0 Å². The van der Waals surface area contributed by atoms with Crippen LogP contribution in [0.5, 0.6) is 5.75 Å². The molecule has 0 atom stereocenters. The fourth-order valence-electron chi connectivity index (χ4n) is 2.70. The van der Waals surface area contributed by atoms with Crippen LogP contribution in [0.25, 0.3) is 0 Å². The van der Waals surface area contributed by atoms with Crippen LogP contribution in [0.1, 0.15) is 27.6 Å². The molecule has 0 saturated heterocycles. The molecular formula is C23H17F3N2O5. The van der Waals surface area contributed by atoms with Gasteiger partial charge in [-0.1, -0.05) is 12.1 Å². The van der Waals surface area contributed by atoms with Crippen molar-refractivity contribution < 1.29 is 37.0 Å². The predicted molar refractivity (Wildman–Crippen MR) is 113 cm³/mol. The second-order valence-electron chi connectivity index (χ2n) is 6.49. The minimum Gasteiger partial charge on any atom is -0.434 e. The molecule has 0 aliphatic rings. The second-order valence-corrected chi connectivity index (χ2v) is 6.49. The molecule has 0 radical (unpaired) electrons. The maximum absolute atomic E-state index is 13.9. The van der Waals surface area contributed by atoms with Gasteiger partial charge in [-0.3, -0.25) is 9.59 Å². The molecule has 33 heavy (non-hydrogen) atoms. The van der Waals surface area contributed by atoms with Crippen molar-refractivity contribution in [2.75, 3.05) is 17.2 Å². The third-order valence-electron chi connectivity index (χ3n) is 4.28. The molecule has 7 nitrogen and oxygen atoms in total. The number of ether oxygens (including phenoxy) is 2. The summed E-state index contributed by atoms with van der Waals surface area (Å²) in [5.41, 5.74) is -0.223. The highest BCUT2D eigenvalue weighted by Crippen LogP contribution is 2.24. The SMILES string of the molecule is CCOC(=O)Oc1ccc(C(=O)Nc2ccccc2NC(=O)c2ccc(F)c(F)c2F)cc1. The first kappa shape index (κ1) is 23.3. The van der Waals surface area contributed by atoms with Crippen molar-refractivity contribution >= 4 is 29.3 Å². The zero-order valence-electron chi connectivity index (χ0n) is 17.2. The Morgan fingerprint density at radius 3 is 2.00 bits per heavy atom. The zero-order valence-corrected chi connectivity index (χ0v) is 17.2. The maximum atomic E-state index is 13.9. The minimum absolute atomic E-state index is 0.0993. The van der Waals surface area contributed by atoms with E-state index in [0.717, 1.165) is 6.07 Å². The van der Waals surface area contributed by atoms with Gasteiger partial charge in [0.1, 0.15) is 5.75 Å². The lowest BCUT2D eigenvalue weighted by atomic mass is 10.1. The molecule has 0 fully saturated rings. The van der Waals surface area contributed by atoms with Crippen LogP contribution in [0, 0.1) is 17.5 Å². The highest BCUT2D eigenvalue weighted by molar-refractivity contribution is 6.10. The zero-order chi connectivity index (χ0) is 24.0. The number of hydrogen-bond acceptors (Lipinski definition) is 5. The molecule has 2 N–H and O–H groups in total. The molecule has 170 valence electrons. The van der Waals surface area contributed by atoms with Gasteiger partial charge in [0, 0.05) is 5.56 Å². The Hall–Kier alpha value is -4.34. The lowest BCUT2D eigenvalue weighted by Gasteiger charge is -2.13. The monoisotopic (exact) mass is 458 g/mol. The Bertz CT molecular complexity index is 1200. The highest BCUT2D eigenvalue weighted by atomic mass is 19.2. The summed E-state index contributed by atoms with van der Waals surface area (Å²) in [5.74, 6) is -6.23. The van der Waals surface area contributed by atoms with Crippen molar-refractivity contribution in [2.45, 2.75) is 6.92 Å². The number of carbonyl (C=O) groups is 3. The van der Waals surface area contributed by atoms with Crippen LogP contribution in [0.2, 0.25) is 0 Å². The normalized spacial score (nSPS) is 10.3. The standard InChI is InChI=1S/C23H17F3N2O5/c1-2-32-23(31)33-14-9-7-13(8-10-14)21(29)27-17-5-3-4-6-18(17)28-22(30)15-11-12-16(24)20(26)19(15)25/h3-12H,2H2,1H3,(H,27,29)(H,28,30).